The maximum atomic E-state index is 13.8. The number of hydrogen-bond donors (Lipinski definition) is 1. The average molecular weight is 335 g/mol. The zero-order valence-corrected chi connectivity index (χ0v) is 12.8. The summed E-state index contributed by atoms with van der Waals surface area (Å²) in [5.74, 6) is -2.40. The number of likely N-dealkylation sites (N-methyl/N-ethyl adjacent to an activating group) is 1. The number of hydrogen-bond acceptors (Lipinski definition) is 4. The van der Waals surface area contributed by atoms with Crippen LogP contribution in [0.15, 0.2) is 36.4 Å². The Balaban J connectivity index is 1.72. The summed E-state index contributed by atoms with van der Waals surface area (Å²) >= 11 is 0. The van der Waals surface area contributed by atoms with Crippen LogP contribution < -0.4 is 9.47 Å². The van der Waals surface area contributed by atoms with E-state index in [0.29, 0.717) is 23.6 Å². The number of ether oxygens (including phenoxy) is 2. The molecule has 0 aliphatic carbocycles. The van der Waals surface area contributed by atoms with Crippen molar-refractivity contribution < 1.29 is 28.2 Å². The van der Waals surface area contributed by atoms with Crippen molar-refractivity contribution in [3.8, 4) is 17.2 Å². The van der Waals surface area contributed by atoms with Crippen molar-refractivity contribution >= 4 is 5.91 Å². The second-order valence-corrected chi connectivity index (χ2v) is 5.47. The number of para-hydroxylation sites is 2. The van der Waals surface area contributed by atoms with Gasteiger partial charge in [0.25, 0.3) is 5.91 Å². The van der Waals surface area contributed by atoms with Crippen LogP contribution in [0.5, 0.6) is 17.2 Å². The van der Waals surface area contributed by atoms with Crippen molar-refractivity contribution in [1.82, 2.24) is 4.90 Å². The van der Waals surface area contributed by atoms with Gasteiger partial charge in [0.2, 0.25) is 0 Å². The lowest BCUT2D eigenvalue weighted by molar-refractivity contribution is 0.0516. The number of halogens is 2. The van der Waals surface area contributed by atoms with E-state index >= 15 is 0 Å². The Bertz CT molecular complexity index is 758. The largest absolute Gasteiger partial charge is 0.507 e. The minimum atomic E-state index is -1.12. The number of amides is 1. The Morgan fingerprint density at radius 3 is 2.71 bits per heavy atom. The zero-order valence-electron chi connectivity index (χ0n) is 12.8. The van der Waals surface area contributed by atoms with Crippen LogP contribution >= 0.6 is 0 Å². The van der Waals surface area contributed by atoms with Gasteiger partial charge in [0, 0.05) is 19.2 Å². The minimum Gasteiger partial charge on any atom is -0.507 e. The smallest absolute Gasteiger partial charge is 0.260 e. The first-order valence-electron chi connectivity index (χ1n) is 7.27. The van der Waals surface area contributed by atoms with Gasteiger partial charge in [-0.25, -0.2) is 8.78 Å². The number of phenolic OH excluding ortho intramolecular Hbond substituents is 1. The molecule has 0 fully saturated rings. The number of nitrogens with zero attached hydrogens (tertiary/aromatic N) is 1. The van der Waals surface area contributed by atoms with Gasteiger partial charge < -0.3 is 19.5 Å². The molecule has 1 aliphatic rings. The first-order valence-corrected chi connectivity index (χ1v) is 7.27. The van der Waals surface area contributed by atoms with Gasteiger partial charge in [-0.15, -0.1) is 0 Å². The molecule has 0 radical (unpaired) electrons. The SMILES string of the molecule is CN(CC1COc2ccccc2O1)C(=O)c1c(O)cc(F)cc1F. The molecular formula is C17H15F2NO4. The molecule has 1 unspecified atom stereocenters. The normalized spacial score (nSPS) is 15.9. The lowest BCUT2D eigenvalue weighted by Crippen LogP contribution is -2.42. The van der Waals surface area contributed by atoms with Crippen molar-refractivity contribution in [2.75, 3.05) is 20.2 Å². The molecule has 1 amide bonds. The minimum absolute atomic E-state index is 0.115. The van der Waals surface area contributed by atoms with Crippen molar-refractivity contribution in [3.05, 3.63) is 53.6 Å². The average Bonchev–Trinajstić information content (AvgIpc) is 2.53. The number of rotatable bonds is 3. The van der Waals surface area contributed by atoms with E-state index in [1.807, 2.05) is 6.07 Å². The van der Waals surface area contributed by atoms with Gasteiger partial charge in [-0.05, 0) is 12.1 Å². The predicted molar refractivity (Wildman–Crippen MR) is 81.3 cm³/mol. The van der Waals surface area contributed by atoms with Gasteiger partial charge in [-0.2, -0.15) is 0 Å². The number of carbonyl (C=O) groups excluding carboxylic acids is 1. The molecule has 0 saturated carbocycles. The summed E-state index contributed by atoms with van der Waals surface area (Å²) in [7, 11) is 1.44. The standard InChI is InChI=1S/C17H15F2NO4/c1-20(17(22)16-12(19)6-10(18)7-13(16)21)8-11-9-23-14-4-2-3-5-15(14)24-11/h2-7,11,21H,8-9H2,1H3. The number of phenols is 1. The summed E-state index contributed by atoms with van der Waals surface area (Å²) < 4.78 is 38.1. The molecule has 0 aromatic heterocycles. The second kappa shape index (κ2) is 6.35. The lowest BCUT2D eigenvalue weighted by atomic mass is 10.1. The van der Waals surface area contributed by atoms with Crippen molar-refractivity contribution in [2.24, 2.45) is 0 Å². The van der Waals surface area contributed by atoms with E-state index in [-0.39, 0.29) is 13.2 Å². The van der Waals surface area contributed by atoms with Crippen molar-refractivity contribution in [1.29, 1.82) is 0 Å². The van der Waals surface area contributed by atoms with Gasteiger partial charge in [0.15, 0.2) is 17.6 Å². The molecule has 1 atom stereocenters. The maximum Gasteiger partial charge on any atom is 0.260 e. The molecule has 1 aliphatic heterocycles. The Morgan fingerprint density at radius 2 is 2.00 bits per heavy atom. The number of aromatic hydroxyl groups is 1. The van der Waals surface area contributed by atoms with E-state index in [1.165, 1.54) is 11.9 Å². The fourth-order valence-electron chi connectivity index (χ4n) is 2.50. The first kappa shape index (κ1) is 16.0. The van der Waals surface area contributed by atoms with Crippen molar-refractivity contribution in [3.63, 3.8) is 0 Å². The molecule has 2 aromatic rings. The lowest BCUT2D eigenvalue weighted by Gasteiger charge is -2.29. The summed E-state index contributed by atoms with van der Waals surface area (Å²) in [6.07, 6.45) is -0.445. The van der Waals surface area contributed by atoms with Gasteiger partial charge in [0.1, 0.15) is 29.6 Å². The van der Waals surface area contributed by atoms with E-state index in [0.717, 1.165) is 0 Å². The summed E-state index contributed by atoms with van der Waals surface area (Å²) in [5.41, 5.74) is -0.573. The Morgan fingerprint density at radius 1 is 1.29 bits per heavy atom. The third-order valence-corrected chi connectivity index (χ3v) is 3.64. The van der Waals surface area contributed by atoms with Crippen LogP contribution in [0, 0.1) is 11.6 Å². The fourth-order valence-corrected chi connectivity index (χ4v) is 2.50. The highest BCUT2D eigenvalue weighted by Crippen LogP contribution is 2.31. The van der Waals surface area contributed by atoms with E-state index in [4.69, 9.17) is 9.47 Å². The maximum absolute atomic E-state index is 13.8. The monoisotopic (exact) mass is 335 g/mol. The predicted octanol–water partition coefficient (Wildman–Crippen LogP) is 2.58. The molecule has 126 valence electrons. The van der Waals surface area contributed by atoms with Crippen LogP contribution in [0.4, 0.5) is 8.78 Å². The number of carbonyl (C=O) groups is 1. The number of benzene rings is 2. The molecule has 0 saturated heterocycles. The van der Waals surface area contributed by atoms with Crippen LogP contribution in [-0.2, 0) is 0 Å². The van der Waals surface area contributed by atoms with Gasteiger partial charge in [-0.1, -0.05) is 12.1 Å². The third kappa shape index (κ3) is 3.10. The molecule has 3 rings (SSSR count). The molecular weight excluding hydrogens is 320 g/mol. The van der Waals surface area contributed by atoms with E-state index in [2.05, 4.69) is 0 Å². The highest BCUT2D eigenvalue weighted by atomic mass is 19.1. The first-order chi connectivity index (χ1) is 11.5. The summed E-state index contributed by atoms with van der Waals surface area (Å²) in [4.78, 5) is 13.5. The quantitative estimate of drug-likeness (QED) is 0.937. The van der Waals surface area contributed by atoms with E-state index in [9.17, 15) is 18.7 Å². The highest BCUT2D eigenvalue weighted by Gasteiger charge is 2.27. The van der Waals surface area contributed by atoms with Crippen LogP contribution in [0.3, 0.4) is 0 Å². The zero-order chi connectivity index (χ0) is 17.3. The van der Waals surface area contributed by atoms with Gasteiger partial charge >= 0.3 is 0 Å². The summed E-state index contributed by atoms with van der Waals surface area (Å²) in [5, 5.41) is 9.64. The van der Waals surface area contributed by atoms with Crippen LogP contribution in [0.2, 0.25) is 0 Å². The van der Waals surface area contributed by atoms with Crippen molar-refractivity contribution in [2.45, 2.75) is 6.10 Å². The van der Waals surface area contributed by atoms with Gasteiger partial charge in [0.05, 0.1) is 6.54 Å². The topological polar surface area (TPSA) is 59.0 Å². The highest BCUT2D eigenvalue weighted by molar-refractivity contribution is 5.97. The Kier molecular flexibility index (Phi) is 4.24. The van der Waals surface area contributed by atoms with Crippen LogP contribution in [0.1, 0.15) is 10.4 Å². The number of fused-ring (bicyclic) bond motifs is 1. The summed E-state index contributed by atoms with van der Waals surface area (Å²) in [6, 6.07) is 8.38. The molecule has 1 N–H and O–H groups in total. The molecule has 0 bridgehead atoms. The molecule has 2 aromatic carbocycles. The molecule has 24 heavy (non-hydrogen) atoms. The Hall–Kier alpha value is -2.83. The molecule has 5 nitrogen and oxygen atoms in total. The summed E-state index contributed by atoms with van der Waals surface area (Å²) in [6.45, 7) is 0.343. The molecule has 7 heteroatoms. The molecule has 0 spiro atoms. The van der Waals surface area contributed by atoms with Gasteiger partial charge in [-0.3, -0.25) is 4.79 Å². The van der Waals surface area contributed by atoms with E-state index in [1.54, 1.807) is 18.2 Å². The Labute approximate surface area is 137 Å². The fraction of sp³-hybridized carbons (Fsp3) is 0.235. The second-order valence-electron chi connectivity index (χ2n) is 5.47. The van der Waals surface area contributed by atoms with Crippen LogP contribution in [0.25, 0.3) is 0 Å². The van der Waals surface area contributed by atoms with Crippen LogP contribution in [-0.4, -0.2) is 42.2 Å². The molecule has 1 heterocycles. The van der Waals surface area contributed by atoms with E-state index < -0.39 is 35.0 Å². The third-order valence-electron chi connectivity index (χ3n) is 3.64.